The zero-order valence-corrected chi connectivity index (χ0v) is 5.76. The quantitative estimate of drug-likeness (QED) is 0.569. The summed E-state index contributed by atoms with van der Waals surface area (Å²) in [6, 6.07) is 0. The van der Waals surface area contributed by atoms with Crippen molar-refractivity contribution in [1.29, 1.82) is 0 Å². The van der Waals surface area contributed by atoms with E-state index < -0.39 is 12.1 Å². The fourth-order valence-corrected chi connectivity index (χ4v) is 0.366. The summed E-state index contributed by atoms with van der Waals surface area (Å²) in [5, 5.41) is 8.28. The van der Waals surface area contributed by atoms with Gasteiger partial charge >= 0.3 is 24.8 Å². The molecule has 0 bridgehead atoms. The van der Waals surface area contributed by atoms with Crippen LogP contribution in [0.1, 0.15) is 20.3 Å². The van der Waals surface area contributed by atoms with Gasteiger partial charge in [-0.2, -0.15) is 0 Å². The Kier molecular flexibility index (Phi) is 9.05. The van der Waals surface area contributed by atoms with E-state index in [1.165, 1.54) is 6.92 Å². The first-order chi connectivity index (χ1) is 4.18. The molecular weight excluding hydrogens is 127 g/mol. The van der Waals surface area contributed by atoms with Crippen molar-refractivity contribution >= 4 is 24.8 Å². The topological polar surface area (TPSA) is 46.5 Å². The van der Waals surface area contributed by atoms with E-state index in [0.717, 1.165) is 6.42 Å². The number of aliphatic carboxylic acids is 1. The molecule has 0 saturated heterocycles. The van der Waals surface area contributed by atoms with Crippen molar-refractivity contribution in [2.75, 3.05) is 6.61 Å². The van der Waals surface area contributed by atoms with Crippen molar-refractivity contribution in [3.8, 4) is 0 Å². The van der Waals surface area contributed by atoms with Crippen LogP contribution in [-0.4, -0.2) is 42.6 Å². The Morgan fingerprint density at radius 3 is 2.50 bits per heavy atom. The molecular formula is C6H13LiO3. The number of carboxylic acids is 1. The van der Waals surface area contributed by atoms with Gasteiger partial charge in [0.15, 0.2) is 6.10 Å². The number of hydrogen-bond acceptors (Lipinski definition) is 2. The first kappa shape index (κ1) is 12.7. The summed E-state index contributed by atoms with van der Waals surface area (Å²) in [6.45, 7) is 3.99. The van der Waals surface area contributed by atoms with Gasteiger partial charge in [-0.05, 0) is 13.3 Å². The first-order valence-corrected chi connectivity index (χ1v) is 3.03. The Labute approximate surface area is 72.9 Å². The molecule has 0 aliphatic rings. The molecule has 3 nitrogen and oxygen atoms in total. The molecule has 0 fully saturated rings. The van der Waals surface area contributed by atoms with Gasteiger partial charge in [0.05, 0.1) is 0 Å². The number of carboxylic acid groups (broad SMARTS) is 1. The van der Waals surface area contributed by atoms with Crippen LogP contribution in [0.5, 0.6) is 0 Å². The molecule has 0 aromatic rings. The molecule has 0 rings (SSSR count). The van der Waals surface area contributed by atoms with E-state index in [2.05, 4.69) is 0 Å². The van der Waals surface area contributed by atoms with Gasteiger partial charge in [-0.3, -0.25) is 0 Å². The third kappa shape index (κ3) is 6.15. The molecule has 0 aliphatic carbocycles. The standard InChI is InChI=1S/C6H12O3.Li.H/c1-3-4-9-5(2)6(7)8;;/h5H,3-4H2,1-2H3,(H,7,8);;. The van der Waals surface area contributed by atoms with Gasteiger partial charge < -0.3 is 9.84 Å². The van der Waals surface area contributed by atoms with Crippen molar-refractivity contribution in [2.45, 2.75) is 26.4 Å². The van der Waals surface area contributed by atoms with Crippen LogP contribution in [-0.2, 0) is 9.53 Å². The molecule has 0 radical (unpaired) electrons. The minimum atomic E-state index is -0.900. The van der Waals surface area contributed by atoms with Gasteiger partial charge in [-0.25, -0.2) is 4.79 Å². The summed E-state index contributed by atoms with van der Waals surface area (Å²) in [5.41, 5.74) is 0. The fraction of sp³-hybridized carbons (Fsp3) is 0.833. The van der Waals surface area contributed by atoms with Gasteiger partial charge in [0, 0.05) is 6.61 Å². The number of carbonyl (C=O) groups is 1. The van der Waals surface area contributed by atoms with Gasteiger partial charge in [-0.1, -0.05) is 6.92 Å². The Morgan fingerprint density at radius 2 is 2.20 bits per heavy atom. The van der Waals surface area contributed by atoms with Crippen molar-refractivity contribution in [2.24, 2.45) is 0 Å². The predicted molar refractivity (Wildman–Crippen MR) is 40.5 cm³/mol. The Hall–Kier alpha value is 0.0274. The van der Waals surface area contributed by atoms with Gasteiger partial charge in [-0.15, -0.1) is 0 Å². The fourth-order valence-electron chi connectivity index (χ4n) is 0.366. The van der Waals surface area contributed by atoms with E-state index in [1.807, 2.05) is 6.92 Å². The predicted octanol–water partition coefficient (Wildman–Crippen LogP) is 0.238. The van der Waals surface area contributed by atoms with Crippen LogP contribution in [0.2, 0.25) is 0 Å². The van der Waals surface area contributed by atoms with Crippen LogP contribution in [0.15, 0.2) is 0 Å². The van der Waals surface area contributed by atoms with Crippen molar-refractivity contribution < 1.29 is 14.6 Å². The van der Waals surface area contributed by atoms with Gasteiger partial charge in [0.2, 0.25) is 0 Å². The molecule has 0 spiro atoms. The monoisotopic (exact) mass is 140 g/mol. The van der Waals surface area contributed by atoms with E-state index in [1.54, 1.807) is 0 Å². The number of ether oxygens (including phenoxy) is 1. The molecule has 4 heteroatoms. The Balaban J connectivity index is 0. The van der Waals surface area contributed by atoms with E-state index in [0.29, 0.717) is 6.61 Å². The average molecular weight is 140 g/mol. The minimum absolute atomic E-state index is 0. The van der Waals surface area contributed by atoms with Crippen LogP contribution >= 0.6 is 0 Å². The van der Waals surface area contributed by atoms with E-state index >= 15 is 0 Å². The Bertz CT molecular complexity index is 95.0. The molecule has 1 atom stereocenters. The van der Waals surface area contributed by atoms with Crippen molar-refractivity contribution in [3.63, 3.8) is 0 Å². The van der Waals surface area contributed by atoms with Gasteiger partial charge in [0.25, 0.3) is 0 Å². The van der Waals surface area contributed by atoms with Crippen molar-refractivity contribution in [1.82, 2.24) is 0 Å². The normalized spacial score (nSPS) is 11.8. The summed E-state index contributed by atoms with van der Waals surface area (Å²) in [6.07, 6.45) is 0.197. The van der Waals surface area contributed by atoms with Crippen LogP contribution in [0.4, 0.5) is 0 Å². The molecule has 56 valence electrons. The summed E-state index contributed by atoms with van der Waals surface area (Å²) in [7, 11) is 0. The second-order valence-electron chi connectivity index (χ2n) is 1.85. The molecule has 1 N–H and O–H groups in total. The Morgan fingerprint density at radius 1 is 1.70 bits per heavy atom. The SMILES string of the molecule is CCCOC(C)C(=O)O.[LiH]. The number of rotatable bonds is 4. The molecule has 0 aromatic carbocycles. The second-order valence-corrected chi connectivity index (χ2v) is 1.85. The van der Waals surface area contributed by atoms with Crippen LogP contribution in [0.25, 0.3) is 0 Å². The maximum absolute atomic E-state index is 10.1. The molecule has 0 aliphatic heterocycles. The van der Waals surface area contributed by atoms with Crippen LogP contribution < -0.4 is 0 Å². The summed E-state index contributed by atoms with van der Waals surface area (Å²) < 4.78 is 4.85. The average Bonchev–Trinajstić information content (AvgIpc) is 1.82. The molecule has 0 aromatic heterocycles. The van der Waals surface area contributed by atoms with E-state index in [9.17, 15) is 4.79 Å². The summed E-state index contributed by atoms with van der Waals surface area (Å²) >= 11 is 0. The zero-order chi connectivity index (χ0) is 7.28. The molecule has 10 heavy (non-hydrogen) atoms. The van der Waals surface area contributed by atoms with Gasteiger partial charge in [0.1, 0.15) is 0 Å². The van der Waals surface area contributed by atoms with Crippen LogP contribution in [0, 0.1) is 0 Å². The maximum atomic E-state index is 10.1. The second kappa shape index (κ2) is 7.14. The zero-order valence-electron chi connectivity index (χ0n) is 5.76. The molecule has 0 amide bonds. The molecule has 1 unspecified atom stereocenters. The van der Waals surface area contributed by atoms with E-state index in [4.69, 9.17) is 9.84 Å². The third-order valence-corrected chi connectivity index (χ3v) is 0.920. The number of hydrogen-bond donors (Lipinski definition) is 1. The first-order valence-electron chi connectivity index (χ1n) is 3.03. The van der Waals surface area contributed by atoms with E-state index in [-0.39, 0.29) is 18.9 Å². The summed E-state index contributed by atoms with van der Waals surface area (Å²) in [4.78, 5) is 10.1. The molecule has 0 heterocycles. The molecule has 0 saturated carbocycles. The van der Waals surface area contributed by atoms with Crippen LogP contribution in [0.3, 0.4) is 0 Å². The van der Waals surface area contributed by atoms with Crippen molar-refractivity contribution in [3.05, 3.63) is 0 Å². The third-order valence-electron chi connectivity index (χ3n) is 0.920. The summed E-state index contributed by atoms with van der Waals surface area (Å²) in [5.74, 6) is -0.900.